The average molecular weight is 335 g/mol. The molecule has 5 heteroatoms. The molecule has 0 atom stereocenters. The summed E-state index contributed by atoms with van der Waals surface area (Å²) >= 11 is 0. The van der Waals surface area contributed by atoms with Crippen molar-refractivity contribution in [1.82, 2.24) is 15.5 Å². The molecule has 0 bridgehead atoms. The average Bonchev–Trinajstić information content (AvgIpc) is 3.10. The number of aromatic nitrogens is 2. The van der Waals surface area contributed by atoms with Gasteiger partial charge in [-0.05, 0) is 31.4 Å². The van der Waals surface area contributed by atoms with Gasteiger partial charge in [0.05, 0.1) is 6.54 Å². The van der Waals surface area contributed by atoms with Gasteiger partial charge in [-0.25, -0.2) is 0 Å². The van der Waals surface area contributed by atoms with Gasteiger partial charge in [-0.2, -0.15) is 4.98 Å². The van der Waals surface area contributed by atoms with Crippen LogP contribution in [-0.4, -0.2) is 16.0 Å². The van der Waals surface area contributed by atoms with Crippen LogP contribution < -0.4 is 5.32 Å². The summed E-state index contributed by atoms with van der Waals surface area (Å²) in [6.45, 7) is 2.27. The van der Waals surface area contributed by atoms with Crippen molar-refractivity contribution in [2.24, 2.45) is 0 Å². The molecule has 5 nitrogen and oxygen atoms in total. The summed E-state index contributed by atoms with van der Waals surface area (Å²) in [5.41, 5.74) is 3.29. The topological polar surface area (TPSA) is 68.0 Å². The predicted octanol–water partition coefficient (Wildman–Crippen LogP) is 3.68. The molecule has 1 heterocycles. The fraction of sp³-hybridized carbons (Fsp3) is 0.250. The van der Waals surface area contributed by atoms with Gasteiger partial charge in [-0.15, -0.1) is 0 Å². The molecule has 3 aromatic rings. The quantitative estimate of drug-likeness (QED) is 0.715. The Morgan fingerprint density at radius 2 is 1.96 bits per heavy atom. The molecule has 0 saturated heterocycles. The van der Waals surface area contributed by atoms with E-state index < -0.39 is 0 Å². The first-order valence-corrected chi connectivity index (χ1v) is 8.41. The molecule has 0 aliphatic heterocycles. The fourth-order valence-corrected chi connectivity index (χ4v) is 2.59. The molecule has 0 saturated carbocycles. The summed E-state index contributed by atoms with van der Waals surface area (Å²) in [6.07, 6.45) is 2.19. The predicted molar refractivity (Wildman–Crippen MR) is 95.7 cm³/mol. The SMILES string of the molecule is Cc1cccc(-c2noc(CNC(=O)CCCc3ccccc3)n2)c1. The second-order valence-corrected chi connectivity index (χ2v) is 6.00. The Bertz CT molecular complexity index is 828. The van der Waals surface area contributed by atoms with Gasteiger partial charge in [0.2, 0.25) is 17.6 Å². The number of amides is 1. The lowest BCUT2D eigenvalue weighted by molar-refractivity contribution is -0.121. The summed E-state index contributed by atoms with van der Waals surface area (Å²) in [5, 5.41) is 6.80. The van der Waals surface area contributed by atoms with E-state index in [9.17, 15) is 4.79 Å². The molecule has 0 unspecified atom stereocenters. The summed E-state index contributed by atoms with van der Waals surface area (Å²) < 4.78 is 5.21. The number of hydrogen-bond acceptors (Lipinski definition) is 4. The summed E-state index contributed by atoms with van der Waals surface area (Å²) in [4.78, 5) is 16.3. The molecule has 3 rings (SSSR count). The van der Waals surface area contributed by atoms with Gasteiger partial charge in [-0.1, -0.05) is 59.3 Å². The highest BCUT2D eigenvalue weighted by Crippen LogP contribution is 2.16. The van der Waals surface area contributed by atoms with Gasteiger partial charge in [0.25, 0.3) is 0 Å². The van der Waals surface area contributed by atoms with Crippen LogP contribution in [0.15, 0.2) is 59.1 Å². The van der Waals surface area contributed by atoms with Crippen molar-refractivity contribution in [2.45, 2.75) is 32.7 Å². The zero-order valence-electron chi connectivity index (χ0n) is 14.2. The van der Waals surface area contributed by atoms with E-state index in [1.165, 1.54) is 5.56 Å². The van der Waals surface area contributed by atoms with Crippen molar-refractivity contribution in [1.29, 1.82) is 0 Å². The maximum absolute atomic E-state index is 11.9. The fourth-order valence-electron chi connectivity index (χ4n) is 2.59. The van der Waals surface area contributed by atoms with Crippen LogP contribution >= 0.6 is 0 Å². The van der Waals surface area contributed by atoms with Crippen LogP contribution in [0.4, 0.5) is 0 Å². The number of hydrogen-bond donors (Lipinski definition) is 1. The Balaban J connectivity index is 1.45. The number of nitrogens with zero attached hydrogens (tertiary/aromatic N) is 2. The standard InChI is InChI=1S/C20H21N3O2/c1-15-7-5-11-17(13-15)20-22-19(25-23-20)14-21-18(24)12-6-10-16-8-3-2-4-9-16/h2-5,7-9,11,13H,6,10,12,14H2,1H3,(H,21,24). The second-order valence-electron chi connectivity index (χ2n) is 6.00. The number of benzene rings is 2. The van der Waals surface area contributed by atoms with Gasteiger partial charge in [0, 0.05) is 12.0 Å². The van der Waals surface area contributed by atoms with Crippen LogP contribution in [-0.2, 0) is 17.8 Å². The van der Waals surface area contributed by atoms with Gasteiger partial charge < -0.3 is 9.84 Å². The molecule has 0 spiro atoms. The molecule has 0 radical (unpaired) electrons. The van der Waals surface area contributed by atoms with E-state index in [2.05, 4.69) is 27.6 Å². The van der Waals surface area contributed by atoms with E-state index in [0.717, 1.165) is 24.0 Å². The Morgan fingerprint density at radius 3 is 2.76 bits per heavy atom. The highest BCUT2D eigenvalue weighted by Gasteiger charge is 2.10. The Kier molecular flexibility index (Phi) is 5.57. The number of aryl methyl sites for hydroxylation is 2. The van der Waals surface area contributed by atoms with Crippen LogP contribution in [0.1, 0.15) is 29.9 Å². The van der Waals surface area contributed by atoms with Crippen molar-refractivity contribution in [3.8, 4) is 11.4 Å². The van der Waals surface area contributed by atoms with Crippen LogP contribution in [0.2, 0.25) is 0 Å². The number of nitrogens with one attached hydrogen (secondary N) is 1. The van der Waals surface area contributed by atoms with Gasteiger partial charge in [-0.3, -0.25) is 4.79 Å². The molecular formula is C20H21N3O2. The molecule has 1 aromatic heterocycles. The molecule has 0 aliphatic rings. The first-order chi connectivity index (χ1) is 12.2. The minimum Gasteiger partial charge on any atom is -0.347 e. The summed E-state index contributed by atoms with van der Waals surface area (Å²) in [6, 6.07) is 18.1. The lowest BCUT2D eigenvalue weighted by Gasteiger charge is -2.03. The first-order valence-electron chi connectivity index (χ1n) is 8.41. The molecule has 1 amide bonds. The van der Waals surface area contributed by atoms with E-state index in [-0.39, 0.29) is 12.5 Å². The molecule has 0 aliphatic carbocycles. The minimum absolute atomic E-state index is 0.00811. The Hall–Kier alpha value is -2.95. The monoisotopic (exact) mass is 335 g/mol. The molecule has 2 aromatic carbocycles. The zero-order chi connectivity index (χ0) is 17.5. The zero-order valence-corrected chi connectivity index (χ0v) is 14.2. The number of rotatable bonds is 7. The van der Waals surface area contributed by atoms with Crippen LogP contribution in [0.25, 0.3) is 11.4 Å². The van der Waals surface area contributed by atoms with Crippen molar-refractivity contribution in [3.63, 3.8) is 0 Å². The van der Waals surface area contributed by atoms with Gasteiger partial charge >= 0.3 is 0 Å². The van der Waals surface area contributed by atoms with E-state index in [0.29, 0.717) is 18.1 Å². The van der Waals surface area contributed by atoms with Crippen LogP contribution in [0, 0.1) is 6.92 Å². The molecule has 0 fully saturated rings. The van der Waals surface area contributed by atoms with Crippen molar-refractivity contribution >= 4 is 5.91 Å². The minimum atomic E-state index is -0.00811. The Labute approximate surface area is 147 Å². The maximum atomic E-state index is 11.9. The number of carbonyl (C=O) groups excluding carboxylic acids is 1. The molecular weight excluding hydrogens is 314 g/mol. The van der Waals surface area contributed by atoms with Crippen LogP contribution in [0.3, 0.4) is 0 Å². The molecule has 1 N–H and O–H groups in total. The third kappa shape index (κ3) is 5.01. The smallest absolute Gasteiger partial charge is 0.246 e. The van der Waals surface area contributed by atoms with E-state index in [4.69, 9.17) is 4.52 Å². The van der Waals surface area contributed by atoms with E-state index >= 15 is 0 Å². The van der Waals surface area contributed by atoms with Crippen molar-refractivity contribution in [2.75, 3.05) is 0 Å². The maximum Gasteiger partial charge on any atom is 0.246 e. The lowest BCUT2D eigenvalue weighted by atomic mass is 10.1. The van der Waals surface area contributed by atoms with Gasteiger partial charge in [0.1, 0.15) is 0 Å². The van der Waals surface area contributed by atoms with Crippen molar-refractivity contribution in [3.05, 3.63) is 71.6 Å². The molecule has 128 valence electrons. The number of carbonyl (C=O) groups is 1. The highest BCUT2D eigenvalue weighted by atomic mass is 16.5. The Morgan fingerprint density at radius 1 is 1.12 bits per heavy atom. The third-order valence-electron chi connectivity index (χ3n) is 3.89. The van der Waals surface area contributed by atoms with Crippen molar-refractivity contribution < 1.29 is 9.32 Å². The lowest BCUT2D eigenvalue weighted by Crippen LogP contribution is -2.22. The third-order valence-corrected chi connectivity index (χ3v) is 3.89. The molecule has 25 heavy (non-hydrogen) atoms. The summed E-state index contributed by atoms with van der Waals surface area (Å²) in [5.74, 6) is 0.941. The van der Waals surface area contributed by atoms with Gasteiger partial charge in [0.15, 0.2) is 0 Å². The van der Waals surface area contributed by atoms with Crippen LogP contribution in [0.5, 0.6) is 0 Å². The van der Waals surface area contributed by atoms with E-state index in [1.807, 2.05) is 49.4 Å². The largest absolute Gasteiger partial charge is 0.347 e. The summed E-state index contributed by atoms with van der Waals surface area (Å²) in [7, 11) is 0. The second kappa shape index (κ2) is 8.24. The first kappa shape index (κ1) is 16.9. The highest BCUT2D eigenvalue weighted by molar-refractivity contribution is 5.75. The van der Waals surface area contributed by atoms with E-state index in [1.54, 1.807) is 0 Å². The normalized spacial score (nSPS) is 10.6.